The third kappa shape index (κ3) is 4.42. The van der Waals surface area contributed by atoms with E-state index in [1.54, 1.807) is 0 Å². The van der Waals surface area contributed by atoms with Crippen molar-refractivity contribution < 1.29 is 27.1 Å². The van der Waals surface area contributed by atoms with E-state index < -0.39 is 41.8 Å². The number of alkyl halides is 1. The van der Waals surface area contributed by atoms with E-state index >= 15 is 0 Å². The van der Waals surface area contributed by atoms with E-state index in [4.69, 9.17) is 0 Å². The second-order valence-corrected chi connectivity index (χ2v) is 5.79. The number of amides is 1. The Morgan fingerprint density at radius 2 is 1.93 bits per heavy atom. The number of ether oxygens (including phenoxy) is 1. The van der Waals surface area contributed by atoms with Gasteiger partial charge in [0.25, 0.3) is 11.5 Å². The average Bonchev–Trinajstić information content (AvgIpc) is 2.70. The van der Waals surface area contributed by atoms with Crippen LogP contribution in [0, 0.1) is 17.5 Å². The molecular weight excluding hydrogens is 394 g/mol. The molecule has 150 valence electrons. The van der Waals surface area contributed by atoms with Gasteiger partial charge in [0, 0.05) is 12.4 Å². The summed E-state index contributed by atoms with van der Waals surface area (Å²) in [5, 5.41) is 2.42. The number of hydrogen-bond acceptors (Lipinski definition) is 4. The van der Waals surface area contributed by atoms with Crippen LogP contribution in [0.3, 0.4) is 0 Å². The summed E-state index contributed by atoms with van der Waals surface area (Å²) in [4.78, 5) is 29.6. The van der Waals surface area contributed by atoms with Gasteiger partial charge in [-0.15, -0.1) is 0 Å². The molecule has 1 amide bonds. The molecule has 0 spiro atoms. The second-order valence-electron chi connectivity index (χ2n) is 5.79. The largest absolute Gasteiger partial charge is 0.460 e. The number of nitrogens with zero attached hydrogens (tertiary/aromatic N) is 1. The number of aromatic amines is 1. The number of carbonyl (C=O) groups excluding carboxylic acids is 1. The minimum atomic E-state index is -1.27. The van der Waals surface area contributed by atoms with Crippen molar-refractivity contribution in [1.29, 1.82) is 0 Å². The Balaban J connectivity index is 2.01. The quantitative estimate of drug-likeness (QED) is 0.616. The van der Waals surface area contributed by atoms with E-state index in [-0.39, 0.29) is 22.6 Å². The van der Waals surface area contributed by atoms with Crippen LogP contribution in [-0.2, 0) is 0 Å². The SMILES string of the molecule is O=C(N[C@@H](c1ccc(OCF)c(F)c1)c1ncccc1F)c1c[nH]c(=O)c(F)c1. The number of benzene rings is 1. The summed E-state index contributed by atoms with van der Waals surface area (Å²) in [6.07, 6.45) is 2.25. The van der Waals surface area contributed by atoms with Crippen LogP contribution in [0.4, 0.5) is 17.6 Å². The highest BCUT2D eigenvalue weighted by atomic mass is 19.1. The summed E-state index contributed by atoms with van der Waals surface area (Å²) < 4.78 is 58.7. The van der Waals surface area contributed by atoms with E-state index in [9.17, 15) is 27.2 Å². The Hall–Kier alpha value is -3.69. The van der Waals surface area contributed by atoms with Gasteiger partial charge in [-0.2, -0.15) is 0 Å². The van der Waals surface area contributed by atoms with Crippen molar-refractivity contribution in [2.24, 2.45) is 0 Å². The van der Waals surface area contributed by atoms with Crippen molar-refractivity contribution in [1.82, 2.24) is 15.3 Å². The van der Waals surface area contributed by atoms with Crippen LogP contribution in [0.25, 0.3) is 0 Å². The van der Waals surface area contributed by atoms with E-state index in [1.807, 2.05) is 0 Å². The van der Waals surface area contributed by atoms with Gasteiger partial charge in [0.05, 0.1) is 11.6 Å². The first-order valence-electron chi connectivity index (χ1n) is 8.18. The van der Waals surface area contributed by atoms with Gasteiger partial charge < -0.3 is 15.0 Å². The molecule has 0 fully saturated rings. The van der Waals surface area contributed by atoms with Crippen LogP contribution < -0.4 is 15.6 Å². The molecule has 0 unspecified atom stereocenters. The molecule has 0 radical (unpaired) electrons. The van der Waals surface area contributed by atoms with Gasteiger partial charge in [-0.05, 0) is 35.9 Å². The molecule has 1 atom stereocenters. The highest BCUT2D eigenvalue weighted by molar-refractivity contribution is 5.94. The maximum atomic E-state index is 14.3. The normalized spacial score (nSPS) is 11.7. The minimum absolute atomic E-state index is 0.0737. The molecule has 0 aliphatic heterocycles. The molecular formula is C19H13F4N3O3. The molecule has 2 aromatic heterocycles. The molecule has 3 rings (SSSR count). The molecule has 3 aromatic rings. The van der Waals surface area contributed by atoms with Gasteiger partial charge in [0.2, 0.25) is 6.86 Å². The maximum absolute atomic E-state index is 14.3. The lowest BCUT2D eigenvalue weighted by Gasteiger charge is -2.20. The highest BCUT2D eigenvalue weighted by Crippen LogP contribution is 2.27. The van der Waals surface area contributed by atoms with E-state index in [0.717, 1.165) is 24.4 Å². The third-order valence-corrected chi connectivity index (χ3v) is 3.96. The van der Waals surface area contributed by atoms with Gasteiger partial charge in [-0.3, -0.25) is 14.6 Å². The summed E-state index contributed by atoms with van der Waals surface area (Å²) in [6, 6.07) is 5.19. The van der Waals surface area contributed by atoms with E-state index in [0.29, 0.717) is 6.07 Å². The lowest BCUT2D eigenvalue weighted by Crippen LogP contribution is -2.31. The number of halogens is 4. The van der Waals surface area contributed by atoms with Crippen LogP contribution in [0.1, 0.15) is 27.7 Å². The fourth-order valence-corrected chi connectivity index (χ4v) is 2.59. The van der Waals surface area contributed by atoms with Crippen molar-refractivity contribution in [3.63, 3.8) is 0 Å². The van der Waals surface area contributed by atoms with Gasteiger partial charge in [-0.25, -0.2) is 17.6 Å². The molecule has 0 saturated heterocycles. The van der Waals surface area contributed by atoms with Gasteiger partial charge >= 0.3 is 0 Å². The topological polar surface area (TPSA) is 84.1 Å². The van der Waals surface area contributed by atoms with Crippen molar-refractivity contribution in [2.45, 2.75) is 6.04 Å². The molecule has 0 aliphatic rings. The first-order valence-corrected chi connectivity index (χ1v) is 8.18. The molecule has 0 saturated carbocycles. The molecule has 1 aromatic carbocycles. The predicted molar refractivity (Wildman–Crippen MR) is 93.5 cm³/mol. The summed E-state index contributed by atoms with van der Waals surface area (Å²) in [6.45, 7) is -1.25. The van der Waals surface area contributed by atoms with Crippen LogP contribution >= 0.6 is 0 Å². The van der Waals surface area contributed by atoms with Crippen molar-refractivity contribution >= 4 is 5.91 Å². The summed E-state index contributed by atoms with van der Waals surface area (Å²) in [5.41, 5.74) is -1.42. The molecule has 29 heavy (non-hydrogen) atoms. The van der Waals surface area contributed by atoms with Gasteiger partial charge in [0.1, 0.15) is 11.5 Å². The zero-order valence-electron chi connectivity index (χ0n) is 14.6. The van der Waals surface area contributed by atoms with Crippen LogP contribution in [0.5, 0.6) is 5.75 Å². The number of H-pyrrole nitrogens is 1. The first kappa shape index (κ1) is 20.1. The average molecular weight is 407 g/mol. The van der Waals surface area contributed by atoms with Crippen LogP contribution in [0.15, 0.2) is 53.6 Å². The lowest BCUT2D eigenvalue weighted by molar-refractivity contribution is 0.0940. The van der Waals surface area contributed by atoms with E-state index in [2.05, 4.69) is 20.0 Å². The standard InChI is InChI=1S/C19H13F4N3O3/c20-9-29-15-4-3-10(6-13(15)22)16(17-12(21)2-1-5-24-17)26-18(27)11-7-14(23)19(28)25-8-11/h1-8,16H,9H2,(H,25,28)(H,26,27)/t16-/m0/s1. The summed E-state index contributed by atoms with van der Waals surface area (Å²) in [7, 11) is 0. The fourth-order valence-electron chi connectivity index (χ4n) is 2.59. The minimum Gasteiger partial charge on any atom is -0.460 e. The fraction of sp³-hybridized carbons (Fsp3) is 0.105. The smallest absolute Gasteiger partial charge is 0.283 e. The zero-order chi connectivity index (χ0) is 21.0. The molecule has 0 bridgehead atoms. The number of hydrogen-bond donors (Lipinski definition) is 2. The molecule has 2 N–H and O–H groups in total. The number of carbonyl (C=O) groups is 1. The van der Waals surface area contributed by atoms with Crippen LogP contribution in [-0.4, -0.2) is 22.7 Å². The predicted octanol–water partition coefficient (Wildman–Crippen LogP) is 3.01. The molecule has 2 heterocycles. The zero-order valence-corrected chi connectivity index (χ0v) is 14.6. The molecule has 0 aliphatic carbocycles. The second kappa shape index (κ2) is 8.55. The van der Waals surface area contributed by atoms with Crippen LogP contribution in [0.2, 0.25) is 0 Å². The molecule has 10 heteroatoms. The Bertz CT molecular complexity index is 1100. The summed E-state index contributed by atoms with van der Waals surface area (Å²) >= 11 is 0. The monoisotopic (exact) mass is 407 g/mol. The van der Waals surface area contributed by atoms with Crippen molar-refractivity contribution in [3.8, 4) is 5.75 Å². The number of pyridine rings is 2. The summed E-state index contributed by atoms with van der Waals surface area (Å²) in [5.74, 6) is -4.15. The Kier molecular flexibility index (Phi) is 5.91. The third-order valence-electron chi connectivity index (χ3n) is 3.96. The first-order chi connectivity index (χ1) is 13.9. The number of nitrogens with one attached hydrogen (secondary N) is 2. The van der Waals surface area contributed by atoms with Gasteiger partial charge in [0.15, 0.2) is 17.4 Å². The van der Waals surface area contributed by atoms with Gasteiger partial charge in [-0.1, -0.05) is 6.07 Å². The lowest BCUT2D eigenvalue weighted by atomic mass is 10.0. The maximum Gasteiger partial charge on any atom is 0.283 e. The Labute approximate surface area is 161 Å². The van der Waals surface area contributed by atoms with Crippen molar-refractivity contribution in [2.75, 3.05) is 6.86 Å². The Morgan fingerprint density at radius 3 is 2.59 bits per heavy atom. The van der Waals surface area contributed by atoms with Crippen molar-refractivity contribution in [3.05, 3.63) is 93.4 Å². The highest BCUT2D eigenvalue weighted by Gasteiger charge is 2.24. The number of aromatic nitrogens is 2. The Morgan fingerprint density at radius 1 is 1.14 bits per heavy atom. The number of rotatable bonds is 6. The van der Waals surface area contributed by atoms with E-state index in [1.165, 1.54) is 18.3 Å². The molecule has 6 nitrogen and oxygen atoms in total.